The van der Waals surface area contributed by atoms with Gasteiger partial charge in [-0.2, -0.15) is 18.3 Å². The minimum Gasteiger partial charge on any atom is -0.356 e. The molecule has 0 spiro atoms. The Hall–Kier alpha value is -2.48. The maximum Gasteiger partial charge on any atom is 0.419 e. The fraction of sp³-hybridized carbons (Fsp3) is 0.333. The predicted octanol–water partition coefficient (Wildman–Crippen LogP) is 4.19. The number of nitro groups is 1. The van der Waals surface area contributed by atoms with Crippen LogP contribution in [0.3, 0.4) is 0 Å². The third-order valence-corrected chi connectivity index (χ3v) is 4.27. The number of amides is 1. The summed E-state index contributed by atoms with van der Waals surface area (Å²) in [5, 5.41) is 15.1. The molecule has 0 saturated carbocycles. The second-order valence-electron chi connectivity index (χ2n) is 5.59. The van der Waals surface area contributed by atoms with Gasteiger partial charge in [-0.25, -0.2) is 9.07 Å². The van der Waals surface area contributed by atoms with Crippen molar-refractivity contribution >= 4 is 40.6 Å². The van der Waals surface area contributed by atoms with Crippen molar-refractivity contribution in [1.82, 2.24) is 9.78 Å². The Balaban J connectivity index is 2.55. The van der Waals surface area contributed by atoms with Crippen molar-refractivity contribution in [1.29, 1.82) is 0 Å². The second kappa shape index (κ2) is 9.12. The Kier molecular flexibility index (Phi) is 7.23. The molecule has 0 radical (unpaired) electrons. The Morgan fingerprint density at radius 3 is 2.60 bits per heavy atom. The smallest absolute Gasteiger partial charge is 0.356 e. The molecule has 0 aliphatic rings. The van der Waals surface area contributed by atoms with E-state index in [-0.39, 0.29) is 6.07 Å². The molecule has 164 valence electrons. The summed E-state index contributed by atoms with van der Waals surface area (Å²) < 4.78 is 63.3. The van der Waals surface area contributed by atoms with E-state index in [1.54, 1.807) is 0 Å². The van der Waals surface area contributed by atoms with Crippen LogP contribution in [-0.2, 0) is 20.4 Å². The van der Waals surface area contributed by atoms with Gasteiger partial charge in [0.05, 0.1) is 15.5 Å². The number of nitrogens with zero attached hydrogens (tertiary/aromatic N) is 3. The molecule has 0 bridgehead atoms. The molecule has 1 N–H and O–H groups in total. The van der Waals surface area contributed by atoms with E-state index in [0.29, 0.717) is 10.9 Å². The van der Waals surface area contributed by atoms with E-state index in [2.05, 4.69) is 10.4 Å². The van der Waals surface area contributed by atoms with Gasteiger partial charge in [-0.15, -0.1) is 0 Å². The number of methoxy groups -OCH3 is 1. The molecule has 0 aliphatic heterocycles. The maximum atomic E-state index is 14.2. The first-order chi connectivity index (χ1) is 13.9. The van der Waals surface area contributed by atoms with E-state index in [1.807, 2.05) is 0 Å². The fourth-order valence-corrected chi connectivity index (χ4v) is 2.79. The number of hydrogen-bond donors (Lipinski definition) is 1. The summed E-state index contributed by atoms with van der Waals surface area (Å²) >= 11 is 11.5. The van der Waals surface area contributed by atoms with Crippen molar-refractivity contribution in [2.45, 2.75) is 19.4 Å². The van der Waals surface area contributed by atoms with Crippen molar-refractivity contribution in [3.63, 3.8) is 0 Å². The van der Waals surface area contributed by atoms with Crippen LogP contribution in [0.5, 0.6) is 0 Å². The lowest BCUT2D eigenvalue weighted by atomic mass is 10.1. The molecule has 0 aliphatic carbocycles. The number of alkyl halides is 3. The van der Waals surface area contributed by atoms with Crippen LogP contribution in [0.4, 0.5) is 29.1 Å². The van der Waals surface area contributed by atoms with E-state index in [9.17, 15) is 32.5 Å². The Bertz CT molecular complexity index is 983. The first-order valence-corrected chi connectivity index (χ1v) is 8.55. The van der Waals surface area contributed by atoms with E-state index in [4.69, 9.17) is 32.7 Å². The first-order valence-electron chi connectivity index (χ1n) is 7.80. The summed E-state index contributed by atoms with van der Waals surface area (Å²) in [6.07, 6.45) is -5.20. The lowest BCUT2D eigenvalue weighted by Crippen LogP contribution is -2.24. The Morgan fingerprint density at radius 2 is 2.07 bits per heavy atom. The lowest BCUT2D eigenvalue weighted by molar-refractivity contribution is -0.384. The highest BCUT2D eigenvalue weighted by Gasteiger charge is 2.38. The lowest BCUT2D eigenvalue weighted by Gasteiger charge is -2.16. The minimum absolute atomic E-state index is 0.251. The van der Waals surface area contributed by atoms with Crippen LogP contribution < -0.4 is 5.32 Å². The molecule has 9 nitrogen and oxygen atoms in total. The Morgan fingerprint density at radius 1 is 1.43 bits per heavy atom. The quantitative estimate of drug-likeness (QED) is 0.212. The summed E-state index contributed by atoms with van der Waals surface area (Å²) in [5.74, 6) is -3.39. The number of hydrogen-bond acceptors (Lipinski definition) is 6. The van der Waals surface area contributed by atoms with E-state index in [1.165, 1.54) is 14.0 Å². The molecule has 1 aromatic carbocycles. The summed E-state index contributed by atoms with van der Waals surface area (Å²) in [6, 6.07) is 0.251. The molecule has 1 atom stereocenters. The number of aromatic nitrogens is 2. The largest absolute Gasteiger partial charge is 0.419 e. The molecule has 2 aromatic rings. The highest BCUT2D eigenvalue weighted by molar-refractivity contribution is 6.38. The van der Waals surface area contributed by atoms with Crippen LogP contribution in [0.2, 0.25) is 10.0 Å². The zero-order chi connectivity index (χ0) is 22.8. The van der Waals surface area contributed by atoms with Crippen molar-refractivity contribution < 1.29 is 36.8 Å². The molecule has 2 rings (SSSR count). The van der Waals surface area contributed by atoms with Gasteiger partial charge in [-0.3, -0.25) is 14.9 Å². The maximum absolute atomic E-state index is 14.2. The van der Waals surface area contributed by atoms with Gasteiger partial charge in [0.15, 0.2) is 12.1 Å². The number of nitrogens with one attached hydrogen (secondary N) is 1. The van der Waals surface area contributed by atoms with E-state index in [0.717, 1.165) is 0 Å². The van der Waals surface area contributed by atoms with Gasteiger partial charge >= 0.3 is 11.9 Å². The van der Waals surface area contributed by atoms with E-state index < -0.39 is 68.5 Å². The van der Waals surface area contributed by atoms with Crippen molar-refractivity contribution in [3.05, 3.63) is 43.8 Å². The van der Waals surface area contributed by atoms with Crippen LogP contribution in [0.15, 0.2) is 12.3 Å². The SMILES string of the molecule is COC(C)OCC(=O)Nc1c([N+](=O)[O-])cnn1-c1c(Cl)cc(C(F)(F)F)c(F)c1Cl. The van der Waals surface area contributed by atoms with Crippen LogP contribution in [0.1, 0.15) is 12.5 Å². The molecular weight excluding hydrogens is 463 g/mol. The third kappa shape index (κ3) is 4.98. The Labute approximate surface area is 175 Å². The number of ether oxygens (including phenoxy) is 2. The molecule has 0 fully saturated rings. The molecule has 0 saturated heterocycles. The van der Waals surface area contributed by atoms with Crippen molar-refractivity contribution in [3.8, 4) is 5.69 Å². The highest BCUT2D eigenvalue weighted by atomic mass is 35.5. The molecule has 1 aromatic heterocycles. The zero-order valence-electron chi connectivity index (χ0n) is 15.1. The molecule has 1 heterocycles. The van der Waals surface area contributed by atoms with Gasteiger partial charge in [-0.1, -0.05) is 23.2 Å². The van der Waals surface area contributed by atoms with Crippen LogP contribution in [0.25, 0.3) is 5.69 Å². The number of carbonyl (C=O) groups is 1. The van der Waals surface area contributed by atoms with Crippen LogP contribution in [0, 0.1) is 15.9 Å². The van der Waals surface area contributed by atoms with Gasteiger partial charge in [0.2, 0.25) is 5.82 Å². The van der Waals surface area contributed by atoms with Crippen LogP contribution >= 0.6 is 23.2 Å². The summed E-state index contributed by atoms with van der Waals surface area (Å²) in [5.41, 5.74) is -3.13. The predicted molar refractivity (Wildman–Crippen MR) is 96.3 cm³/mol. The van der Waals surface area contributed by atoms with Crippen molar-refractivity contribution in [2.24, 2.45) is 0 Å². The molecule has 30 heavy (non-hydrogen) atoms. The van der Waals surface area contributed by atoms with Gasteiger partial charge in [0, 0.05) is 7.11 Å². The number of benzene rings is 1. The summed E-state index contributed by atoms with van der Waals surface area (Å²) in [6.45, 7) is 0.880. The molecule has 15 heteroatoms. The van der Waals surface area contributed by atoms with Gasteiger partial charge in [0.1, 0.15) is 23.5 Å². The molecular formula is C15H12Cl2F4N4O5. The molecule has 1 unspecified atom stereocenters. The summed E-state index contributed by atoms with van der Waals surface area (Å²) in [4.78, 5) is 22.4. The monoisotopic (exact) mass is 474 g/mol. The average molecular weight is 475 g/mol. The fourth-order valence-electron chi connectivity index (χ4n) is 2.18. The normalized spacial score (nSPS) is 12.7. The van der Waals surface area contributed by atoms with Crippen molar-refractivity contribution in [2.75, 3.05) is 19.0 Å². The first kappa shape index (κ1) is 23.8. The van der Waals surface area contributed by atoms with Gasteiger partial charge in [0.25, 0.3) is 5.91 Å². The third-order valence-electron chi connectivity index (χ3n) is 3.64. The number of carbonyl (C=O) groups excluding carboxylic acids is 1. The van der Waals surface area contributed by atoms with Gasteiger partial charge < -0.3 is 14.8 Å². The minimum atomic E-state index is -5.10. The topological polar surface area (TPSA) is 109 Å². The number of rotatable bonds is 7. The number of anilines is 1. The number of halogens is 6. The highest BCUT2D eigenvalue weighted by Crippen LogP contribution is 2.41. The van der Waals surface area contributed by atoms with E-state index >= 15 is 0 Å². The zero-order valence-corrected chi connectivity index (χ0v) is 16.6. The second-order valence-corrected chi connectivity index (χ2v) is 6.38. The summed E-state index contributed by atoms with van der Waals surface area (Å²) in [7, 11) is 1.31. The van der Waals surface area contributed by atoms with Gasteiger partial charge in [-0.05, 0) is 13.0 Å². The standard InChI is InChI=1S/C15H12Cl2F4N4O5/c1-6(29-2)30-5-10(26)23-14-9(25(27)28)4-22-24(14)13-8(16)3-7(15(19,20)21)12(18)11(13)17/h3-4,6H,5H2,1-2H3,(H,23,26). The molecule has 1 amide bonds. The van der Waals surface area contributed by atoms with Crippen LogP contribution in [-0.4, -0.2) is 40.6 Å². The average Bonchev–Trinajstić information content (AvgIpc) is 3.05.